The van der Waals surface area contributed by atoms with Gasteiger partial charge in [0.15, 0.2) is 0 Å². The van der Waals surface area contributed by atoms with Crippen LogP contribution in [-0.4, -0.2) is 69.1 Å². The molecule has 0 spiro atoms. The van der Waals surface area contributed by atoms with E-state index in [9.17, 15) is 14.4 Å². The van der Waals surface area contributed by atoms with Gasteiger partial charge in [0.05, 0.1) is 19.1 Å². The van der Waals surface area contributed by atoms with Gasteiger partial charge >= 0.3 is 17.9 Å². The van der Waals surface area contributed by atoms with Gasteiger partial charge < -0.3 is 23.8 Å². The summed E-state index contributed by atoms with van der Waals surface area (Å²) in [4.78, 5) is 37.9. The van der Waals surface area contributed by atoms with Crippen LogP contribution in [0.5, 0.6) is 0 Å². The minimum absolute atomic E-state index is 0.0809. The molecule has 0 radical (unpaired) electrons. The Balaban J connectivity index is 2.02. The lowest BCUT2D eigenvalue weighted by Crippen LogP contribution is -2.24. The summed E-state index contributed by atoms with van der Waals surface area (Å²) in [6, 6.07) is 0. The Labute approximate surface area is 244 Å². The van der Waals surface area contributed by atoms with E-state index in [1.54, 1.807) is 0 Å². The molecule has 8 nitrogen and oxygen atoms in total. The highest BCUT2D eigenvalue weighted by molar-refractivity contribution is 5.70. The fraction of sp³-hybridized carbons (Fsp3) is 0.906. The van der Waals surface area contributed by atoms with Crippen LogP contribution >= 0.6 is 0 Å². The fourth-order valence-corrected chi connectivity index (χ4v) is 4.94. The summed E-state index contributed by atoms with van der Waals surface area (Å²) < 4.78 is 21.9. The zero-order valence-corrected chi connectivity index (χ0v) is 26.1. The van der Waals surface area contributed by atoms with Gasteiger partial charge in [0.25, 0.3) is 0 Å². The van der Waals surface area contributed by atoms with Crippen LogP contribution in [0.15, 0.2) is 0 Å². The highest BCUT2D eigenvalue weighted by Crippen LogP contribution is 2.23. The molecule has 1 saturated heterocycles. The maximum Gasteiger partial charge on any atom is 0.308 e. The number of ether oxygens (including phenoxy) is 4. The minimum atomic E-state index is -0.549. The maximum absolute atomic E-state index is 12.1. The lowest BCUT2D eigenvalue weighted by Gasteiger charge is -2.16. The molecule has 1 aliphatic rings. The third-order valence-corrected chi connectivity index (χ3v) is 7.51. The predicted molar refractivity (Wildman–Crippen MR) is 158 cm³/mol. The normalized spacial score (nSPS) is 16.9. The highest BCUT2D eigenvalue weighted by atomic mass is 16.7. The van der Waals surface area contributed by atoms with Crippen molar-refractivity contribution >= 4 is 17.9 Å². The molecule has 0 saturated carbocycles. The Morgan fingerprint density at radius 2 is 1.32 bits per heavy atom. The smallest absolute Gasteiger partial charge is 0.308 e. The van der Waals surface area contributed by atoms with Crippen molar-refractivity contribution in [2.75, 3.05) is 33.9 Å². The summed E-state index contributed by atoms with van der Waals surface area (Å²) in [6.45, 7) is 5.88. The van der Waals surface area contributed by atoms with E-state index in [1.807, 2.05) is 19.0 Å². The SMILES string of the molecule is CCCCCC(CCCCC)CCOC(=O)CCCCCCCC(=O)O[C@H]1CC[C@@H](COC(=O)CCN(C)C)O1. The van der Waals surface area contributed by atoms with Gasteiger partial charge in [0.1, 0.15) is 6.61 Å². The molecule has 0 aromatic rings. The molecule has 0 aromatic carbocycles. The topological polar surface area (TPSA) is 91.4 Å². The molecule has 1 fully saturated rings. The second-order valence-electron chi connectivity index (χ2n) is 11.6. The molecule has 0 N–H and O–H groups in total. The summed E-state index contributed by atoms with van der Waals surface area (Å²) >= 11 is 0. The van der Waals surface area contributed by atoms with Gasteiger partial charge in [0.2, 0.25) is 6.29 Å². The molecule has 40 heavy (non-hydrogen) atoms. The highest BCUT2D eigenvalue weighted by Gasteiger charge is 2.29. The van der Waals surface area contributed by atoms with Crippen molar-refractivity contribution in [1.29, 1.82) is 0 Å². The average molecular weight is 570 g/mol. The number of esters is 3. The molecule has 1 rings (SSSR count). The zero-order valence-electron chi connectivity index (χ0n) is 26.1. The summed E-state index contributed by atoms with van der Waals surface area (Å²) in [5.74, 6) is 0.110. The van der Waals surface area contributed by atoms with E-state index >= 15 is 0 Å². The van der Waals surface area contributed by atoms with E-state index in [1.165, 1.54) is 51.4 Å². The first-order valence-corrected chi connectivity index (χ1v) is 16.1. The lowest BCUT2D eigenvalue weighted by molar-refractivity contribution is -0.180. The monoisotopic (exact) mass is 569 g/mol. The van der Waals surface area contributed by atoms with Gasteiger partial charge in [-0.2, -0.15) is 0 Å². The van der Waals surface area contributed by atoms with E-state index in [0.29, 0.717) is 51.2 Å². The molecule has 0 amide bonds. The standard InChI is InChI=1S/C32H59NO7/c1-5-7-12-16-27(17-13-8-6-2)23-25-37-29(34)18-14-10-9-11-15-19-31(36)40-32-21-20-28(39-32)26-38-30(35)22-24-33(3)4/h27-28,32H,5-26H2,1-4H3/t28-,32-/m0/s1. The third-order valence-electron chi connectivity index (χ3n) is 7.51. The van der Waals surface area contributed by atoms with Crippen LogP contribution in [0.4, 0.5) is 0 Å². The molecule has 0 bridgehead atoms. The van der Waals surface area contributed by atoms with E-state index < -0.39 is 6.29 Å². The Morgan fingerprint density at radius 1 is 0.725 bits per heavy atom. The lowest BCUT2D eigenvalue weighted by atomic mass is 9.92. The van der Waals surface area contributed by atoms with Crippen molar-refractivity contribution < 1.29 is 33.3 Å². The van der Waals surface area contributed by atoms with Crippen LogP contribution in [0.25, 0.3) is 0 Å². The van der Waals surface area contributed by atoms with E-state index in [-0.39, 0.29) is 30.6 Å². The van der Waals surface area contributed by atoms with Gasteiger partial charge in [-0.15, -0.1) is 0 Å². The van der Waals surface area contributed by atoms with Crippen molar-refractivity contribution in [3.8, 4) is 0 Å². The number of nitrogens with zero attached hydrogens (tertiary/aromatic N) is 1. The second-order valence-corrected chi connectivity index (χ2v) is 11.6. The third kappa shape index (κ3) is 20.2. The van der Waals surface area contributed by atoms with Gasteiger partial charge in [-0.3, -0.25) is 14.4 Å². The van der Waals surface area contributed by atoms with Crippen molar-refractivity contribution in [3.63, 3.8) is 0 Å². The summed E-state index contributed by atoms with van der Waals surface area (Å²) in [7, 11) is 3.82. The largest absolute Gasteiger partial charge is 0.466 e. The summed E-state index contributed by atoms with van der Waals surface area (Å²) in [6.07, 6.45) is 17.4. The van der Waals surface area contributed by atoms with Crippen molar-refractivity contribution in [2.24, 2.45) is 5.92 Å². The first kappa shape index (κ1) is 36.4. The molecule has 0 unspecified atom stereocenters. The number of carbonyl (C=O) groups excluding carboxylic acids is 3. The minimum Gasteiger partial charge on any atom is -0.466 e. The molecule has 8 heteroatoms. The molecular formula is C32H59NO7. The fourth-order valence-electron chi connectivity index (χ4n) is 4.94. The molecular weight excluding hydrogens is 510 g/mol. The number of unbranched alkanes of at least 4 members (excludes halogenated alkanes) is 8. The second kappa shape index (κ2) is 24.0. The number of carbonyl (C=O) groups is 3. The number of hydrogen-bond acceptors (Lipinski definition) is 8. The molecule has 1 aliphatic heterocycles. The Hall–Kier alpha value is -1.67. The number of hydrogen-bond donors (Lipinski definition) is 0. The van der Waals surface area contributed by atoms with Crippen LogP contribution in [0.2, 0.25) is 0 Å². The van der Waals surface area contributed by atoms with Gasteiger partial charge in [0, 0.05) is 25.8 Å². The Bertz CT molecular complexity index is 660. The first-order chi connectivity index (χ1) is 19.3. The molecule has 2 atom stereocenters. The number of rotatable bonds is 25. The maximum atomic E-state index is 12.1. The van der Waals surface area contributed by atoms with Gasteiger partial charge in [-0.05, 0) is 45.7 Å². The molecule has 234 valence electrons. The van der Waals surface area contributed by atoms with Crippen LogP contribution in [0.3, 0.4) is 0 Å². The van der Waals surface area contributed by atoms with Crippen molar-refractivity contribution in [1.82, 2.24) is 4.90 Å². The van der Waals surface area contributed by atoms with Gasteiger partial charge in [-0.1, -0.05) is 84.5 Å². The Morgan fingerprint density at radius 3 is 1.95 bits per heavy atom. The van der Waals surface area contributed by atoms with Crippen LogP contribution in [0, 0.1) is 5.92 Å². The molecule has 0 aliphatic carbocycles. The predicted octanol–water partition coefficient (Wildman–Crippen LogP) is 6.97. The van der Waals surface area contributed by atoms with Gasteiger partial charge in [-0.25, -0.2) is 0 Å². The summed E-state index contributed by atoms with van der Waals surface area (Å²) in [5, 5.41) is 0. The molecule has 0 aromatic heterocycles. The van der Waals surface area contributed by atoms with E-state index in [2.05, 4.69) is 13.8 Å². The van der Waals surface area contributed by atoms with Crippen LogP contribution < -0.4 is 0 Å². The van der Waals surface area contributed by atoms with Crippen LogP contribution in [-0.2, 0) is 33.3 Å². The quantitative estimate of drug-likeness (QED) is 0.0661. The van der Waals surface area contributed by atoms with Crippen LogP contribution in [0.1, 0.15) is 136 Å². The summed E-state index contributed by atoms with van der Waals surface area (Å²) in [5.41, 5.74) is 0. The van der Waals surface area contributed by atoms with E-state index in [0.717, 1.165) is 38.5 Å². The zero-order chi connectivity index (χ0) is 29.4. The van der Waals surface area contributed by atoms with Crippen molar-refractivity contribution in [3.05, 3.63) is 0 Å². The average Bonchev–Trinajstić information content (AvgIpc) is 3.37. The Kier molecular flexibility index (Phi) is 21.8. The van der Waals surface area contributed by atoms with E-state index in [4.69, 9.17) is 18.9 Å². The van der Waals surface area contributed by atoms with Crippen molar-refractivity contribution in [2.45, 2.75) is 148 Å². The first-order valence-electron chi connectivity index (χ1n) is 16.1. The molecule has 1 heterocycles.